The fraction of sp³-hybridized carbons (Fsp3) is 0. The highest BCUT2D eigenvalue weighted by Crippen LogP contribution is 2.39. The molecule has 0 aliphatic carbocycles. The summed E-state index contributed by atoms with van der Waals surface area (Å²) in [6, 6.07) is 58.6. The van der Waals surface area contributed by atoms with Crippen LogP contribution >= 0.6 is 15.9 Å². The normalized spacial score (nSPS) is 11.4. The van der Waals surface area contributed by atoms with Crippen LogP contribution < -0.4 is 4.90 Å². The van der Waals surface area contributed by atoms with Gasteiger partial charge in [0.15, 0.2) is 0 Å². The molecule has 0 bridgehead atoms. The van der Waals surface area contributed by atoms with E-state index >= 15 is 0 Å². The van der Waals surface area contributed by atoms with Crippen molar-refractivity contribution in [1.82, 2.24) is 4.57 Å². The first-order valence-corrected chi connectivity index (χ1v) is 15.3. The lowest BCUT2D eigenvalue weighted by Gasteiger charge is -2.26. The van der Waals surface area contributed by atoms with E-state index in [-0.39, 0.29) is 0 Å². The largest absolute Gasteiger partial charge is 0.310 e. The Morgan fingerprint density at radius 3 is 1.84 bits per heavy atom. The van der Waals surface area contributed by atoms with Gasteiger partial charge in [0.1, 0.15) is 0 Å². The number of halogens is 1. The van der Waals surface area contributed by atoms with Gasteiger partial charge in [-0.05, 0) is 88.6 Å². The zero-order valence-corrected chi connectivity index (χ0v) is 24.9. The van der Waals surface area contributed by atoms with Gasteiger partial charge in [0.25, 0.3) is 0 Å². The third-order valence-electron chi connectivity index (χ3n) is 8.24. The van der Waals surface area contributed by atoms with E-state index in [0.29, 0.717) is 0 Å². The molecule has 0 unspecified atom stereocenters. The average molecular weight is 616 g/mol. The zero-order valence-electron chi connectivity index (χ0n) is 23.4. The van der Waals surface area contributed by atoms with Crippen LogP contribution in [0, 0.1) is 0 Å². The summed E-state index contributed by atoms with van der Waals surface area (Å²) in [6.45, 7) is 0. The van der Waals surface area contributed by atoms with Gasteiger partial charge in [-0.1, -0.05) is 113 Å². The molecule has 0 radical (unpaired) electrons. The van der Waals surface area contributed by atoms with E-state index in [2.05, 4.69) is 189 Å². The van der Waals surface area contributed by atoms with Crippen LogP contribution in [0.25, 0.3) is 49.4 Å². The SMILES string of the molecule is Brc1cccc2c1c1ccccc1n2-c1ccc(N(c2ccc(-c3ccccc3)cc2)c2ccc3ccccc3c2)cc1. The number of hydrogen-bond donors (Lipinski definition) is 0. The molecule has 0 spiro atoms. The average Bonchev–Trinajstić information content (AvgIpc) is 3.41. The number of nitrogens with zero attached hydrogens (tertiary/aromatic N) is 2. The molecule has 0 aliphatic rings. The number of aromatic nitrogens is 1. The second kappa shape index (κ2) is 10.6. The number of benzene rings is 7. The number of rotatable bonds is 5. The van der Waals surface area contributed by atoms with E-state index in [9.17, 15) is 0 Å². The summed E-state index contributed by atoms with van der Waals surface area (Å²) in [5, 5.41) is 4.93. The fourth-order valence-corrected chi connectivity index (χ4v) is 6.77. The van der Waals surface area contributed by atoms with Gasteiger partial charge in [-0.3, -0.25) is 0 Å². The van der Waals surface area contributed by atoms with Gasteiger partial charge in [-0.25, -0.2) is 0 Å². The monoisotopic (exact) mass is 614 g/mol. The minimum absolute atomic E-state index is 1.11. The summed E-state index contributed by atoms with van der Waals surface area (Å²) >= 11 is 3.80. The Hall–Kier alpha value is -5.12. The fourth-order valence-electron chi connectivity index (χ4n) is 6.20. The first-order valence-electron chi connectivity index (χ1n) is 14.5. The lowest BCUT2D eigenvalue weighted by Crippen LogP contribution is -2.10. The Kier molecular flexibility index (Phi) is 6.31. The Morgan fingerprint density at radius 1 is 0.442 bits per heavy atom. The van der Waals surface area contributed by atoms with Crippen LogP contribution in [0.1, 0.15) is 0 Å². The van der Waals surface area contributed by atoms with Gasteiger partial charge in [0.2, 0.25) is 0 Å². The highest BCUT2D eigenvalue weighted by Gasteiger charge is 2.16. The van der Waals surface area contributed by atoms with Crippen LogP contribution in [0.15, 0.2) is 168 Å². The summed E-state index contributed by atoms with van der Waals surface area (Å²) < 4.78 is 3.46. The minimum Gasteiger partial charge on any atom is -0.310 e. The molecule has 3 heteroatoms. The first kappa shape index (κ1) is 25.6. The molecule has 0 amide bonds. The molecule has 0 fully saturated rings. The summed E-state index contributed by atoms with van der Waals surface area (Å²) in [4.78, 5) is 2.34. The number of fused-ring (bicyclic) bond motifs is 4. The third kappa shape index (κ3) is 4.50. The maximum atomic E-state index is 3.80. The smallest absolute Gasteiger partial charge is 0.0552 e. The summed E-state index contributed by atoms with van der Waals surface area (Å²) in [6.07, 6.45) is 0. The maximum absolute atomic E-state index is 3.80. The van der Waals surface area contributed by atoms with Crippen LogP contribution in [0.4, 0.5) is 17.1 Å². The van der Waals surface area contributed by atoms with Crippen molar-refractivity contribution in [3.63, 3.8) is 0 Å². The molecule has 204 valence electrons. The molecular weight excluding hydrogens is 588 g/mol. The summed E-state index contributed by atoms with van der Waals surface area (Å²) in [7, 11) is 0. The molecule has 1 heterocycles. The van der Waals surface area contributed by atoms with E-state index in [4.69, 9.17) is 0 Å². The van der Waals surface area contributed by atoms with Crippen molar-refractivity contribution in [3.8, 4) is 16.8 Å². The molecule has 0 saturated heterocycles. The Labute approximate surface area is 259 Å². The second-order valence-corrected chi connectivity index (χ2v) is 11.6. The lowest BCUT2D eigenvalue weighted by molar-refractivity contribution is 1.17. The van der Waals surface area contributed by atoms with Crippen molar-refractivity contribution in [2.24, 2.45) is 0 Å². The molecule has 0 N–H and O–H groups in total. The van der Waals surface area contributed by atoms with Crippen molar-refractivity contribution >= 4 is 65.6 Å². The van der Waals surface area contributed by atoms with E-state index in [1.807, 2.05) is 0 Å². The van der Waals surface area contributed by atoms with Crippen LogP contribution in [0.5, 0.6) is 0 Å². The van der Waals surface area contributed by atoms with Crippen molar-refractivity contribution in [2.75, 3.05) is 4.90 Å². The minimum atomic E-state index is 1.11. The van der Waals surface area contributed by atoms with Crippen LogP contribution in [-0.4, -0.2) is 4.57 Å². The van der Waals surface area contributed by atoms with Crippen molar-refractivity contribution in [1.29, 1.82) is 0 Å². The lowest BCUT2D eigenvalue weighted by atomic mass is 10.0. The molecule has 2 nitrogen and oxygen atoms in total. The Bertz CT molecular complexity index is 2230. The van der Waals surface area contributed by atoms with E-state index in [0.717, 1.165) is 27.2 Å². The van der Waals surface area contributed by atoms with E-state index < -0.39 is 0 Å². The Balaban J connectivity index is 1.26. The highest BCUT2D eigenvalue weighted by molar-refractivity contribution is 9.10. The standard InChI is InChI=1S/C40H27BrN2/c41-37-14-8-16-39-40(37)36-13-6-7-15-38(36)43(39)34-25-23-33(24-26-34)42(35-22-19-29-11-4-5-12-31(29)27-35)32-20-17-30(18-21-32)28-9-2-1-3-10-28/h1-27H. The Morgan fingerprint density at radius 2 is 1.05 bits per heavy atom. The van der Waals surface area contributed by atoms with Crippen LogP contribution in [-0.2, 0) is 0 Å². The predicted molar refractivity (Wildman–Crippen MR) is 186 cm³/mol. The summed E-state index contributed by atoms with van der Waals surface area (Å²) in [5.74, 6) is 0. The molecule has 0 atom stereocenters. The quantitative estimate of drug-likeness (QED) is 0.187. The van der Waals surface area contributed by atoms with Gasteiger partial charge in [0.05, 0.1) is 11.0 Å². The predicted octanol–water partition coefficient (Wildman–Crippen LogP) is 11.8. The topological polar surface area (TPSA) is 8.17 Å². The van der Waals surface area contributed by atoms with E-state index in [1.54, 1.807) is 0 Å². The molecule has 8 aromatic rings. The number of hydrogen-bond acceptors (Lipinski definition) is 1. The van der Waals surface area contributed by atoms with Gasteiger partial charge in [-0.15, -0.1) is 0 Å². The first-order chi connectivity index (χ1) is 21.2. The van der Waals surface area contributed by atoms with Crippen molar-refractivity contribution in [2.45, 2.75) is 0 Å². The molecule has 7 aromatic carbocycles. The van der Waals surface area contributed by atoms with Gasteiger partial charge < -0.3 is 9.47 Å². The number of para-hydroxylation sites is 1. The molecule has 0 aliphatic heterocycles. The van der Waals surface area contributed by atoms with Gasteiger partial charge in [-0.2, -0.15) is 0 Å². The summed E-state index contributed by atoms with van der Waals surface area (Å²) in [5.41, 5.74) is 9.28. The zero-order chi connectivity index (χ0) is 28.8. The van der Waals surface area contributed by atoms with Crippen LogP contribution in [0.3, 0.4) is 0 Å². The molecule has 8 rings (SSSR count). The third-order valence-corrected chi connectivity index (χ3v) is 8.90. The number of anilines is 3. The van der Waals surface area contributed by atoms with Crippen molar-refractivity contribution < 1.29 is 0 Å². The molecule has 0 saturated carbocycles. The highest BCUT2D eigenvalue weighted by atomic mass is 79.9. The molecular formula is C40H27BrN2. The van der Waals surface area contributed by atoms with Gasteiger partial charge in [0, 0.05) is 38.0 Å². The van der Waals surface area contributed by atoms with E-state index in [1.165, 1.54) is 43.7 Å². The molecule has 43 heavy (non-hydrogen) atoms. The van der Waals surface area contributed by atoms with Gasteiger partial charge >= 0.3 is 0 Å². The van der Waals surface area contributed by atoms with Crippen LogP contribution in [0.2, 0.25) is 0 Å². The van der Waals surface area contributed by atoms with Crippen molar-refractivity contribution in [3.05, 3.63) is 168 Å². The molecule has 1 aromatic heterocycles. The maximum Gasteiger partial charge on any atom is 0.0552 e. The second-order valence-electron chi connectivity index (χ2n) is 10.8.